The van der Waals surface area contributed by atoms with Gasteiger partial charge in [0.25, 0.3) is 0 Å². The summed E-state index contributed by atoms with van der Waals surface area (Å²) in [7, 11) is 0. The summed E-state index contributed by atoms with van der Waals surface area (Å²) in [4.78, 5) is 11.1. The van der Waals surface area contributed by atoms with Crippen molar-refractivity contribution in [3.8, 4) is 0 Å². The number of carbonyl (C=O) groups is 1. The van der Waals surface area contributed by atoms with E-state index in [1.54, 1.807) is 25.3 Å². The second-order valence-corrected chi connectivity index (χ2v) is 2.71. The smallest absolute Gasteiger partial charge is 0.337 e. The number of dihydropyridines is 1. The highest BCUT2D eigenvalue weighted by Gasteiger charge is 2.12. The molecule has 1 atom stereocenters. The third-order valence-electron chi connectivity index (χ3n) is 1.36. The molecule has 0 saturated heterocycles. The first-order valence-electron chi connectivity index (χ1n) is 3.69. The van der Waals surface area contributed by atoms with Gasteiger partial charge in [0.1, 0.15) is 5.50 Å². The zero-order valence-electron chi connectivity index (χ0n) is 6.71. The maximum Gasteiger partial charge on any atom is 0.337 e. The molecule has 0 aromatic carbocycles. The second kappa shape index (κ2) is 4.16. The van der Waals surface area contributed by atoms with Gasteiger partial charge < -0.3 is 10.1 Å². The maximum atomic E-state index is 11.1. The maximum absolute atomic E-state index is 11.1. The summed E-state index contributed by atoms with van der Waals surface area (Å²) < 4.78 is 4.78. The van der Waals surface area contributed by atoms with Crippen LogP contribution in [0.25, 0.3) is 0 Å². The first-order valence-corrected chi connectivity index (χ1v) is 4.13. The second-order valence-electron chi connectivity index (χ2n) is 2.24. The van der Waals surface area contributed by atoms with Gasteiger partial charge in [-0.2, -0.15) is 0 Å². The molecule has 0 aromatic heterocycles. The summed E-state index contributed by atoms with van der Waals surface area (Å²) in [5, 5.41) is 2.81. The highest BCUT2D eigenvalue weighted by atomic mass is 35.5. The van der Waals surface area contributed by atoms with Crippen LogP contribution in [0.15, 0.2) is 23.9 Å². The van der Waals surface area contributed by atoms with Crippen LogP contribution in [0.1, 0.15) is 6.92 Å². The van der Waals surface area contributed by atoms with Crippen LogP contribution in [0.3, 0.4) is 0 Å². The van der Waals surface area contributed by atoms with E-state index in [-0.39, 0.29) is 11.5 Å². The van der Waals surface area contributed by atoms with Crippen LogP contribution in [0.5, 0.6) is 0 Å². The summed E-state index contributed by atoms with van der Waals surface area (Å²) in [6, 6.07) is 0. The number of rotatable bonds is 2. The van der Waals surface area contributed by atoms with E-state index >= 15 is 0 Å². The van der Waals surface area contributed by atoms with Gasteiger partial charge in [-0.1, -0.05) is 11.6 Å². The Hall–Kier alpha value is -0.960. The van der Waals surface area contributed by atoms with E-state index in [0.717, 1.165) is 0 Å². The van der Waals surface area contributed by atoms with Crippen molar-refractivity contribution < 1.29 is 9.53 Å². The van der Waals surface area contributed by atoms with Crippen LogP contribution in [0.2, 0.25) is 0 Å². The first-order chi connectivity index (χ1) is 5.74. The van der Waals surface area contributed by atoms with Gasteiger partial charge in [0, 0.05) is 0 Å². The monoisotopic (exact) mass is 187 g/mol. The molecule has 0 aliphatic carbocycles. The van der Waals surface area contributed by atoms with Crippen molar-refractivity contribution in [3.05, 3.63) is 23.9 Å². The standard InChI is InChI=1S/C8H10ClNO2/c1-2-12-8(11)6-3-4-10-7(9)5-6/h3-5,7,10H,2H2,1H3. The molecule has 0 aromatic rings. The summed E-state index contributed by atoms with van der Waals surface area (Å²) in [6.07, 6.45) is 4.88. The van der Waals surface area contributed by atoms with E-state index in [1.165, 1.54) is 0 Å². The molecule has 0 amide bonds. The fourth-order valence-corrected chi connectivity index (χ4v) is 1.05. The van der Waals surface area contributed by atoms with Crippen molar-refractivity contribution in [2.24, 2.45) is 0 Å². The number of hydrogen-bond acceptors (Lipinski definition) is 3. The van der Waals surface area contributed by atoms with Gasteiger partial charge in [-0.3, -0.25) is 0 Å². The average Bonchev–Trinajstić information content (AvgIpc) is 2.05. The Morgan fingerprint density at radius 2 is 2.58 bits per heavy atom. The van der Waals surface area contributed by atoms with Crippen LogP contribution in [-0.4, -0.2) is 18.1 Å². The van der Waals surface area contributed by atoms with Crippen LogP contribution < -0.4 is 5.32 Å². The zero-order valence-corrected chi connectivity index (χ0v) is 7.47. The summed E-state index contributed by atoms with van der Waals surface area (Å²) in [5.74, 6) is -0.332. The lowest BCUT2D eigenvalue weighted by atomic mass is 10.2. The molecule has 0 bridgehead atoms. The van der Waals surface area contributed by atoms with Gasteiger partial charge in [0.05, 0.1) is 12.2 Å². The predicted molar refractivity (Wildman–Crippen MR) is 46.6 cm³/mol. The molecule has 0 fully saturated rings. The number of esters is 1. The van der Waals surface area contributed by atoms with Gasteiger partial charge in [-0.15, -0.1) is 0 Å². The molecule has 0 radical (unpaired) electrons. The number of alkyl halides is 1. The molecular weight excluding hydrogens is 178 g/mol. The number of nitrogens with one attached hydrogen (secondary N) is 1. The van der Waals surface area contributed by atoms with Crippen LogP contribution >= 0.6 is 11.6 Å². The normalized spacial score (nSPS) is 21.2. The minimum atomic E-state index is -0.332. The van der Waals surface area contributed by atoms with E-state index in [1.807, 2.05) is 0 Å². The lowest BCUT2D eigenvalue weighted by molar-refractivity contribution is -0.138. The Kier molecular flexibility index (Phi) is 3.17. The summed E-state index contributed by atoms with van der Waals surface area (Å²) in [5.41, 5.74) is 0.171. The third-order valence-corrected chi connectivity index (χ3v) is 1.61. The van der Waals surface area contributed by atoms with Crippen molar-refractivity contribution in [1.82, 2.24) is 5.32 Å². The largest absolute Gasteiger partial charge is 0.462 e. The predicted octanol–water partition coefficient (Wildman–Crippen LogP) is 1.16. The minimum Gasteiger partial charge on any atom is -0.462 e. The Morgan fingerprint density at radius 1 is 1.83 bits per heavy atom. The van der Waals surface area contributed by atoms with E-state index in [0.29, 0.717) is 12.2 Å². The van der Waals surface area contributed by atoms with Crippen LogP contribution in [0, 0.1) is 0 Å². The van der Waals surface area contributed by atoms with Gasteiger partial charge in [-0.25, -0.2) is 4.79 Å². The van der Waals surface area contributed by atoms with E-state index in [4.69, 9.17) is 16.3 Å². The zero-order chi connectivity index (χ0) is 8.97. The highest BCUT2D eigenvalue weighted by Crippen LogP contribution is 2.09. The van der Waals surface area contributed by atoms with E-state index in [9.17, 15) is 4.79 Å². The van der Waals surface area contributed by atoms with Gasteiger partial charge >= 0.3 is 5.97 Å². The van der Waals surface area contributed by atoms with Gasteiger partial charge in [0.15, 0.2) is 0 Å². The molecule has 1 aliphatic heterocycles. The Bertz CT molecular complexity index is 235. The van der Waals surface area contributed by atoms with Crippen LogP contribution in [0.4, 0.5) is 0 Å². The Morgan fingerprint density at radius 3 is 3.17 bits per heavy atom. The number of hydrogen-bond donors (Lipinski definition) is 1. The molecule has 66 valence electrons. The van der Waals surface area contributed by atoms with E-state index in [2.05, 4.69) is 5.32 Å². The lowest BCUT2D eigenvalue weighted by Gasteiger charge is -2.11. The van der Waals surface area contributed by atoms with Crippen molar-refractivity contribution in [2.45, 2.75) is 12.4 Å². The fourth-order valence-electron chi connectivity index (χ4n) is 0.842. The molecule has 4 heteroatoms. The highest BCUT2D eigenvalue weighted by molar-refractivity contribution is 6.22. The van der Waals surface area contributed by atoms with Crippen molar-refractivity contribution in [2.75, 3.05) is 6.61 Å². The van der Waals surface area contributed by atoms with Gasteiger partial charge in [0.2, 0.25) is 0 Å². The fraction of sp³-hybridized carbons (Fsp3) is 0.375. The van der Waals surface area contributed by atoms with E-state index < -0.39 is 0 Å². The molecular formula is C8H10ClNO2. The molecule has 1 rings (SSSR count). The molecule has 3 nitrogen and oxygen atoms in total. The topological polar surface area (TPSA) is 38.3 Å². The molecule has 12 heavy (non-hydrogen) atoms. The number of ether oxygens (including phenoxy) is 1. The molecule has 0 saturated carbocycles. The molecule has 1 N–H and O–H groups in total. The molecule has 0 spiro atoms. The van der Waals surface area contributed by atoms with Crippen molar-refractivity contribution >= 4 is 17.6 Å². The Balaban J connectivity index is 2.61. The molecule has 1 unspecified atom stereocenters. The molecule has 1 aliphatic rings. The lowest BCUT2D eigenvalue weighted by Crippen LogP contribution is -2.21. The first kappa shape index (κ1) is 9.13. The Labute approximate surface area is 76.0 Å². The SMILES string of the molecule is CCOC(=O)C1=CC(Cl)NC=C1. The quantitative estimate of drug-likeness (QED) is 0.401. The number of halogens is 1. The third kappa shape index (κ3) is 2.27. The molecule has 1 heterocycles. The van der Waals surface area contributed by atoms with Gasteiger partial charge in [-0.05, 0) is 25.3 Å². The minimum absolute atomic E-state index is 0.325. The van der Waals surface area contributed by atoms with Crippen molar-refractivity contribution in [3.63, 3.8) is 0 Å². The average molecular weight is 188 g/mol. The summed E-state index contributed by atoms with van der Waals surface area (Å²) >= 11 is 5.71. The van der Waals surface area contributed by atoms with Crippen LogP contribution in [-0.2, 0) is 9.53 Å². The van der Waals surface area contributed by atoms with Crippen molar-refractivity contribution in [1.29, 1.82) is 0 Å². The summed E-state index contributed by atoms with van der Waals surface area (Å²) in [6.45, 7) is 2.14. The number of carbonyl (C=O) groups excluding carboxylic acids is 1.